The van der Waals surface area contributed by atoms with Crippen molar-refractivity contribution in [3.8, 4) is 11.8 Å². The molecule has 0 aromatic carbocycles. The summed E-state index contributed by atoms with van der Waals surface area (Å²) in [5.41, 5.74) is 0. The Kier molecular flexibility index (Phi) is 8.40. The number of hydrogen-bond donors (Lipinski definition) is 0. The highest BCUT2D eigenvalue weighted by molar-refractivity contribution is 5.98. The maximum atomic E-state index is 12.2. The van der Waals surface area contributed by atoms with Crippen LogP contribution in [-0.4, -0.2) is 24.1 Å². The first-order valence-electron chi connectivity index (χ1n) is 11.1. The number of esters is 2. The molecule has 0 bridgehead atoms. The maximum absolute atomic E-state index is 12.2. The zero-order valence-corrected chi connectivity index (χ0v) is 18.5. The Morgan fingerprint density at radius 2 is 1.07 bits per heavy atom. The third kappa shape index (κ3) is 6.54. The Morgan fingerprint density at radius 1 is 0.714 bits per heavy atom. The number of ether oxygens (including phenoxy) is 2. The van der Waals surface area contributed by atoms with Crippen LogP contribution < -0.4 is 0 Å². The fraction of sp³-hybridized carbons (Fsp3) is 0.833. The van der Waals surface area contributed by atoms with Gasteiger partial charge in [-0.2, -0.15) is 0 Å². The van der Waals surface area contributed by atoms with Crippen molar-refractivity contribution in [2.45, 2.75) is 92.3 Å². The third-order valence-electron chi connectivity index (χ3n) is 6.71. The van der Waals surface area contributed by atoms with Gasteiger partial charge in [0.2, 0.25) is 0 Å². The molecule has 4 nitrogen and oxygen atoms in total. The third-order valence-corrected chi connectivity index (χ3v) is 6.71. The highest BCUT2D eigenvalue weighted by atomic mass is 16.5. The van der Waals surface area contributed by atoms with Crippen LogP contribution in [0.1, 0.15) is 80.1 Å². The van der Waals surface area contributed by atoms with E-state index >= 15 is 0 Å². The monoisotopic (exact) mass is 390 g/mol. The van der Waals surface area contributed by atoms with Gasteiger partial charge in [-0.25, -0.2) is 9.59 Å². The molecule has 0 heterocycles. The summed E-state index contributed by atoms with van der Waals surface area (Å²) in [6.07, 6.45) is 6.02. The molecule has 0 unspecified atom stereocenters. The fourth-order valence-corrected chi connectivity index (χ4v) is 4.94. The van der Waals surface area contributed by atoms with E-state index in [1.54, 1.807) is 0 Å². The molecule has 2 rings (SSSR count). The smallest absolute Gasteiger partial charge is 0.385 e. The Balaban J connectivity index is 1.92. The van der Waals surface area contributed by atoms with Crippen LogP contribution in [0.25, 0.3) is 0 Å². The number of rotatable bonds is 4. The standard InChI is InChI=1S/C24H38O4/c1-15(2)19-9-7-17(5)13-21(19)27-23(25)11-12-24(26)28-22-14-18(6)8-10-20(22)16(3)4/h15-22H,7-10,13-14H2,1-6H3/t17-,18+,19-,20-,21-,22-/m1/s1. The van der Waals surface area contributed by atoms with E-state index in [4.69, 9.17) is 9.47 Å². The molecule has 0 saturated heterocycles. The average Bonchev–Trinajstić information content (AvgIpc) is 2.59. The van der Waals surface area contributed by atoms with Gasteiger partial charge in [0.05, 0.1) is 0 Å². The quantitative estimate of drug-likeness (QED) is 0.385. The van der Waals surface area contributed by atoms with Crippen LogP contribution >= 0.6 is 0 Å². The van der Waals surface area contributed by atoms with Crippen molar-refractivity contribution in [3.05, 3.63) is 0 Å². The van der Waals surface area contributed by atoms with E-state index in [1.165, 1.54) is 12.8 Å². The molecule has 2 aliphatic carbocycles. The minimum Gasteiger partial charge on any atom is -0.452 e. The normalized spacial score (nSPS) is 33.1. The van der Waals surface area contributed by atoms with Crippen LogP contribution in [0.2, 0.25) is 0 Å². The summed E-state index contributed by atoms with van der Waals surface area (Å²) < 4.78 is 11.3. The van der Waals surface area contributed by atoms with E-state index in [0.717, 1.165) is 25.7 Å². The van der Waals surface area contributed by atoms with Gasteiger partial charge < -0.3 is 9.47 Å². The maximum Gasteiger partial charge on any atom is 0.385 e. The largest absolute Gasteiger partial charge is 0.452 e. The molecule has 6 atom stereocenters. The van der Waals surface area contributed by atoms with Gasteiger partial charge in [-0.1, -0.05) is 54.4 Å². The van der Waals surface area contributed by atoms with Crippen molar-refractivity contribution in [2.24, 2.45) is 35.5 Å². The SMILES string of the molecule is CC(C)[C@H]1CC[C@@H](C)C[C@H]1OC(=O)C#CC(=O)O[C@@H]1C[C@@H](C)CC[C@@H]1C(C)C. The van der Waals surface area contributed by atoms with E-state index in [0.29, 0.717) is 35.5 Å². The van der Waals surface area contributed by atoms with Gasteiger partial charge >= 0.3 is 11.9 Å². The van der Waals surface area contributed by atoms with Gasteiger partial charge in [0.25, 0.3) is 0 Å². The first-order chi connectivity index (χ1) is 13.2. The second-order valence-corrected chi connectivity index (χ2v) is 9.79. The molecule has 0 aliphatic heterocycles. The van der Waals surface area contributed by atoms with Gasteiger partial charge in [0.15, 0.2) is 0 Å². The molecule has 0 radical (unpaired) electrons. The van der Waals surface area contributed by atoms with Crippen LogP contribution in [0.15, 0.2) is 0 Å². The Hall–Kier alpha value is -1.50. The predicted molar refractivity (Wildman–Crippen MR) is 110 cm³/mol. The lowest BCUT2D eigenvalue weighted by Crippen LogP contribution is -2.36. The van der Waals surface area contributed by atoms with E-state index in [1.807, 2.05) is 0 Å². The van der Waals surface area contributed by atoms with Crippen LogP contribution in [-0.2, 0) is 19.1 Å². The molecule has 0 aromatic rings. The van der Waals surface area contributed by atoms with E-state index in [2.05, 4.69) is 53.4 Å². The lowest BCUT2D eigenvalue weighted by Gasteiger charge is -2.36. The van der Waals surface area contributed by atoms with E-state index in [-0.39, 0.29) is 12.2 Å². The van der Waals surface area contributed by atoms with Crippen molar-refractivity contribution < 1.29 is 19.1 Å². The zero-order chi connectivity index (χ0) is 20.8. The van der Waals surface area contributed by atoms with Crippen LogP contribution in [0.3, 0.4) is 0 Å². The van der Waals surface area contributed by atoms with Crippen molar-refractivity contribution in [1.82, 2.24) is 0 Å². The van der Waals surface area contributed by atoms with Crippen molar-refractivity contribution in [1.29, 1.82) is 0 Å². The summed E-state index contributed by atoms with van der Waals surface area (Å²) in [4.78, 5) is 24.4. The van der Waals surface area contributed by atoms with Gasteiger partial charge in [0, 0.05) is 11.8 Å². The first-order valence-corrected chi connectivity index (χ1v) is 11.1. The lowest BCUT2D eigenvalue weighted by molar-refractivity contribution is -0.150. The molecule has 28 heavy (non-hydrogen) atoms. The summed E-state index contributed by atoms with van der Waals surface area (Å²) in [5, 5.41) is 0. The Labute approximate surface area is 171 Å². The first kappa shape index (κ1) is 22.8. The van der Waals surface area contributed by atoms with Gasteiger partial charge in [0.1, 0.15) is 12.2 Å². The molecular weight excluding hydrogens is 352 g/mol. The minimum atomic E-state index is -0.612. The highest BCUT2D eigenvalue weighted by Gasteiger charge is 2.34. The number of carbonyl (C=O) groups excluding carboxylic acids is 2. The fourth-order valence-electron chi connectivity index (χ4n) is 4.94. The molecule has 158 valence electrons. The van der Waals surface area contributed by atoms with Crippen LogP contribution in [0.5, 0.6) is 0 Å². The van der Waals surface area contributed by atoms with Crippen molar-refractivity contribution >= 4 is 11.9 Å². The topological polar surface area (TPSA) is 52.6 Å². The second kappa shape index (κ2) is 10.3. The average molecular weight is 391 g/mol. The Bertz CT molecular complexity index is 547. The molecule has 4 heteroatoms. The van der Waals surface area contributed by atoms with E-state index < -0.39 is 11.9 Å². The molecule has 0 spiro atoms. The summed E-state index contributed by atoms with van der Waals surface area (Å²) >= 11 is 0. The van der Waals surface area contributed by atoms with Gasteiger partial charge in [-0.3, -0.25) is 0 Å². The van der Waals surface area contributed by atoms with Crippen molar-refractivity contribution in [3.63, 3.8) is 0 Å². The molecule has 2 saturated carbocycles. The van der Waals surface area contributed by atoms with Gasteiger partial charge in [-0.05, 0) is 61.2 Å². The van der Waals surface area contributed by atoms with Crippen LogP contribution in [0.4, 0.5) is 0 Å². The molecular formula is C24H38O4. The molecule has 0 amide bonds. The molecule has 2 aliphatic rings. The summed E-state index contributed by atoms with van der Waals surface area (Å²) in [6.45, 7) is 13.1. The lowest BCUT2D eigenvalue weighted by atomic mass is 9.75. The van der Waals surface area contributed by atoms with Crippen LogP contribution in [0, 0.1) is 47.3 Å². The second-order valence-electron chi connectivity index (χ2n) is 9.79. The number of carbonyl (C=O) groups is 2. The number of hydrogen-bond acceptors (Lipinski definition) is 4. The molecule has 0 N–H and O–H groups in total. The Morgan fingerprint density at radius 3 is 1.39 bits per heavy atom. The minimum absolute atomic E-state index is 0.105. The summed E-state index contributed by atoms with van der Waals surface area (Å²) in [6, 6.07) is 0. The zero-order valence-electron chi connectivity index (χ0n) is 18.5. The summed E-state index contributed by atoms with van der Waals surface area (Å²) in [5.74, 6) is 6.25. The summed E-state index contributed by atoms with van der Waals surface area (Å²) in [7, 11) is 0. The predicted octanol–water partition coefficient (Wildman–Crippen LogP) is 5.00. The molecule has 2 fully saturated rings. The van der Waals surface area contributed by atoms with Gasteiger partial charge in [-0.15, -0.1) is 0 Å². The highest BCUT2D eigenvalue weighted by Crippen LogP contribution is 2.36. The van der Waals surface area contributed by atoms with Crippen molar-refractivity contribution in [2.75, 3.05) is 0 Å². The van der Waals surface area contributed by atoms with E-state index in [9.17, 15) is 9.59 Å². The molecule has 0 aromatic heterocycles.